The molecular formula is C19H16FN3O3S2. The monoisotopic (exact) mass is 417 g/mol. The summed E-state index contributed by atoms with van der Waals surface area (Å²) in [5.41, 5.74) is 1.61. The van der Waals surface area contributed by atoms with Crippen LogP contribution < -0.4 is 5.32 Å². The fourth-order valence-corrected chi connectivity index (χ4v) is 3.74. The van der Waals surface area contributed by atoms with Crippen LogP contribution in [0.4, 0.5) is 9.52 Å². The summed E-state index contributed by atoms with van der Waals surface area (Å²) < 4.78 is 18.6. The second-order valence-corrected chi connectivity index (χ2v) is 7.86. The topological polar surface area (TPSA) is 81.2 Å². The van der Waals surface area contributed by atoms with Crippen LogP contribution in [0.25, 0.3) is 0 Å². The number of esters is 1. The van der Waals surface area contributed by atoms with Crippen LogP contribution in [0.15, 0.2) is 58.9 Å². The predicted molar refractivity (Wildman–Crippen MR) is 106 cm³/mol. The van der Waals surface area contributed by atoms with Crippen molar-refractivity contribution in [3.8, 4) is 0 Å². The lowest BCUT2D eigenvalue weighted by molar-refractivity contribution is -0.141. The van der Waals surface area contributed by atoms with Crippen LogP contribution in [0.5, 0.6) is 0 Å². The van der Waals surface area contributed by atoms with Gasteiger partial charge in [0.2, 0.25) is 11.0 Å². The highest BCUT2D eigenvalue weighted by atomic mass is 32.2. The second kappa shape index (κ2) is 9.95. The van der Waals surface area contributed by atoms with Crippen LogP contribution in [-0.4, -0.2) is 27.8 Å². The zero-order chi connectivity index (χ0) is 19.8. The number of benzene rings is 2. The first-order valence-corrected chi connectivity index (χ1v) is 10.1. The number of anilines is 1. The van der Waals surface area contributed by atoms with E-state index in [-0.39, 0.29) is 36.5 Å². The Morgan fingerprint density at radius 3 is 2.54 bits per heavy atom. The molecule has 0 aliphatic carbocycles. The highest BCUT2D eigenvalue weighted by molar-refractivity contribution is 8.01. The van der Waals surface area contributed by atoms with Crippen molar-refractivity contribution in [1.82, 2.24) is 10.2 Å². The minimum Gasteiger partial charge on any atom is -0.460 e. The highest BCUT2D eigenvalue weighted by Crippen LogP contribution is 2.25. The van der Waals surface area contributed by atoms with Crippen molar-refractivity contribution in [2.45, 2.75) is 17.4 Å². The van der Waals surface area contributed by atoms with Gasteiger partial charge in [0.25, 0.3) is 0 Å². The van der Waals surface area contributed by atoms with Gasteiger partial charge in [-0.05, 0) is 23.3 Å². The van der Waals surface area contributed by atoms with E-state index < -0.39 is 0 Å². The molecule has 0 unspecified atom stereocenters. The molecule has 0 saturated carbocycles. The summed E-state index contributed by atoms with van der Waals surface area (Å²) in [5, 5.41) is 10.8. The zero-order valence-corrected chi connectivity index (χ0v) is 16.3. The quantitative estimate of drug-likeness (QED) is 0.342. The Morgan fingerprint density at radius 2 is 1.79 bits per heavy atom. The first-order valence-electron chi connectivity index (χ1n) is 8.28. The number of hydrogen-bond acceptors (Lipinski definition) is 7. The molecule has 28 heavy (non-hydrogen) atoms. The van der Waals surface area contributed by atoms with Gasteiger partial charge in [-0.2, -0.15) is 0 Å². The number of thioether (sulfide) groups is 1. The summed E-state index contributed by atoms with van der Waals surface area (Å²) in [5.74, 6) is -0.880. The van der Waals surface area contributed by atoms with Crippen LogP contribution >= 0.6 is 23.1 Å². The number of rotatable bonds is 8. The largest absolute Gasteiger partial charge is 0.460 e. The number of aromatic nitrogens is 2. The van der Waals surface area contributed by atoms with Crippen molar-refractivity contribution >= 4 is 40.1 Å². The molecule has 1 N–H and O–H groups in total. The van der Waals surface area contributed by atoms with Crippen molar-refractivity contribution in [2.24, 2.45) is 0 Å². The lowest BCUT2D eigenvalue weighted by atomic mass is 10.1. The van der Waals surface area contributed by atoms with Crippen LogP contribution in [0, 0.1) is 5.82 Å². The Labute approximate surface area is 169 Å². The maximum Gasteiger partial charge on any atom is 0.316 e. The average molecular weight is 417 g/mol. The first kappa shape index (κ1) is 20.0. The Balaban J connectivity index is 1.41. The molecule has 0 atom stereocenters. The van der Waals surface area contributed by atoms with Crippen molar-refractivity contribution in [3.05, 3.63) is 71.5 Å². The molecule has 1 aromatic heterocycles. The van der Waals surface area contributed by atoms with Gasteiger partial charge in [0.1, 0.15) is 12.4 Å². The molecule has 144 valence electrons. The number of nitrogens with zero attached hydrogens (tertiary/aromatic N) is 2. The van der Waals surface area contributed by atoms with Crippen LogP contribution in [0.1, 0.15) is 11.1 Å². The lowest BCUT2D eigenvalue weighted by Crippen LogP contribution is -2.14. The molecule has 0 spiro atoms. The van der Waals surface area contributed by atoms with Gasteiger partial charge in [-0.1, -0.05) is 65.6 Å². The smallest absolute Gasteiger partial charge is 0.316 e. The van der Waals surface area contributed by atoms with Crippen molar-refractivity contribution in [1.29, 1.82) is 0 Å². The SMILES string of the molecule is O=C(Cc1ccc(F)cc1)Nc1nnc(SCC(=O)OCc2ccccc2)s1. The number of ether oxygens (including phenoxy) is 1. The molecule has 2 aromatic carbocycles. The number of amides is 1. The third-order valence-electron chi connectivity index (χ3n) is 3.49. The second-order valence-electron chi connectivity index (χ2n) is 5.66. The van der Waals surface area contributed by atoms with Gasteiger partial charge < -0.3 is 10.1 Å². The van der Waals surface area contributed by atoms with Crippen LogP contribution in [0.3, 0.4) is 0 Å². The summed E-state index contributed by atoms with van der Waals surface area (Å²) in [6, 6.07) is 15.1. The van der Waals surface area contributed by atoms with Crippen molar-refractivity contribution < 1.29 is 18.7 Å². The minimum atomic E-state index is -0.356. The number of carbonyl (C=O) groups excluding carboxylic acids is 2. The zero-order valence-electron chi connectivity index (χ0n) is 14.6. The molecule has 0 fully saturated rings. The van der Waals surface area contributed by atoms with E-state index in [2.05, 4.69) is 15.5 Å². The molecule has 3 rings (SSSR count). The molecule has 9 heteroatoms. The molecule has 6 nitrogen and oxygen atoms in total. The van der Waals surface area contributed by atoms with E-state index in [0.717, 1.165) is 5.56 Å². The molecule has 0 saturated heterocycles. The Kier molecular flexibility index (Phi) is 7.10. The van der Waals surface area contributed by atoms with Gasteiger partial charge in [0.15, 0.2) is 4.34 Å². The van der Waals surface area contributed by atoms with Crippen molar-refractivity contribution in [3.63, 3.8) is 0 Å². The van der Waals surface area contributed by atoms with E-state index >= 15 is 0 Å². The van der Waals surface area contributed by atoms with E-state index in [1.807, 2.05) is 30.3 Å². The molecule has 0 radical (unpaired) electrons. The van der Waals surface area contributed by atoms with E-state index in [0.29, 0.717) is 15.0 Å². The standard InChI is InChI=1S/C19H16FN3O3S2/c20-15-8-6-13(7-9-15)10-16(24)21-18-22-23-19(28-18)27-12-17(25)26-11-14-4-2-1-3-5-14/h1-9H,10-12H2,(H,21,22,24). The number of hydrogen-bond donors (Lipinski definition) is 1. The van der Waals surface area contributed by atoms with E-state index in [9.17, 15) is 14.0 Å². The van der Waals surface area contributed by atoms with Gasteiger partial charge in [-0.3, -0.25) is 9.59 Å². The maximum atomic E-state index is 12.9. The molecule has 1 heterocycles. The Morgan fingerprint density at radius 1 is 1.04 bits per heavy atom. The Hall–Kier alpha value is -2.78. The third-order valence-corrected chi connectivity index (χ3v) is 5.43. The predicted octanol–water partition coefficient (Wildman–Crippen LogP) is 3.69. The summed E-state index contributed by atoms with van der Waals surface area (Å²) in [6.45, 7) is 0.223. The fraction of sp³-hybridized carbons (Fsp3) is 0.158. The molecule has 0 bridgehead atoms. The number of halogens is 1. The average Bonchev–Trinajstić information content (AvgIpc) is 3.14. The molecular weight excluding hydrogens is 401 g/mol. The number of carbonyl (C=O) groups is 2. The Bertz CT molecular complexity index is 933. The molecule has 3 aromatic rings. The normalized spacial score (nSPS) is 10.5. The van der Waals surface area contributed by atoms with E-state index in [1.54, 1.807) is 12.1 Å². The summed E-state index contributed by atoms with van der Waals surface area (Å²) in [6.07, 6.45) is 0.105. The van der Waals surface area contributed by atoms with Gasteiger partial charge in [0.05, 0.1) is 12.2 Å². The van der Waals surface area contributed by atoms with E-state index in [1.165, 1.54) is 35.2 Å². The summed E-state index contributed by atoms with van der Waals surface area (Å²) in [7, 11) is 0. The molecule has 0 aliphatic heterocycles. The lowest BCUT2D eigenvalue weighted by Gasteiger charge is -2.03. The molecule has 0 aliphatic rings. The fourth-order valence-electron chi connectivity index (χ4n) is 2.17. The van der Waals surface area contributed by atoms with Crippen LogP contribution in [0.2, 0.25) is 0 Å². The highest BCUT2D eigenvalue weighted by Gasteiger charge is 2.12. The minimum absolute atomic E-state index is 0.102. The van der Waals surface area contributed by atoms with Gasteiger partial charge >= 0.3 is 5.97 Å². The maximum absolute atomic E-state index is 12.9. The number of nitrogens with one attached hydrogen (secondary N) is 1. The van der Waals surface area contributed by atoms with Crippen molar-refractivity contribution in [2.75, 3.05) is 11.1 Å². The first-order chi connectivity index (χ1) is 13.6. The summed E-state index contributed by atoms with van der Waals surface area (Å²) in [4.78, 5) is 23.8. The van der Waals surface area contributed by atoms with Gasteiger partial charge in [-0.25, -0.2) is 4.39 Å². The summed E-state index contributed by atoms with van der Waals surface area (Å²) >= 11 is 2.37. The van der Waals surface area contributed by atoms with E-state index in [4.69, 9.17) is 4.74 Å². The molecule has 1 amide bonds. The third kappa shape index (κ3) is 6.43. The van der Waals surface area contributed by atoms with Gasteiger partial charge in [0, 0.05) is 0 Å². The van der Waals surface area contributed by atoms with Crippen LogP contribution in [-0.2, 0) is 27.4 Å². The van der Waals surface area contributed by atoms with Gasteiger partial charge in [-0.15, -0.1) is 10.2 Å².